The summed E-state index contributed by atoms with van der Waals surface area (Å²) < 4.78 is 0. The van der Waals surface area contributed by atoms with Gasteiger partial charge in [0, 0.05) is 46.2 Å². The monoisotopic (exact) mass is 493 g/mol. The molecule has 0 aromatic carbocycles. The third kappa shape index (κ3) is 8.13. The van der Waals surface area contributed by atoms with Gasteiger partial charge in [0.25, 0.3) is 0 Å². The Morgan fingerprint density at radius 3 is 2.30 bits per heavy atom. The standard InChI is InChI=1S/C20H39N5O.HI/c1-16(2)13-18(24-9-5-6-10-24)15-23-20(22-4)25-11-7-17(8-12-25)14-19(26)21-3;/h16-18H,5-15H2,1-4H3,(H,21,26)(H,22,23);1H. The highest BCUT2D eigenvalue weighted by atomic mass is 127. The normalized spacial score (nSPS) is 20.5. The van der Waals surface area contributed by atoms with Gasteiger partial charge < -0.3 is 15.5 Å². The smallest absolute Gasteiger partial charge is 0.220 e. The van der Waals surface area contributed by atoms with Crippen molar-refractivity contribution in [3.8, 4) is 0 Å². The van der Waals surface area contributed by atoms with Crippen LogP contribution in [0.2, 0.25) is 0 Å². The zero-order valence-electron chi connectivity index (χ0n) is 17.7. The molecule has 2 aliphatic rings. The fourth-order valence-corrected chi connectivity index (χ4v) is 4.27. The predicted molar refractivity (Wildman–Crippen MR) is 124 cm³/mol. The Kier molecular flexibility index (Phi) is 11.6. The first-order chi connectivity index (χ1) is 12.5. The Bertz CT molecular complexity index is 457. The third-order valence-electron chi connectivity index (χ3n) is 5.78. The zero-order valence-corrected chi connectivity index (χ0v) is 20.0. The number of aliphatic imine (C=N–C) groups is 1. The molecule has 27 heavy (non-hydrogen) atoms. The maximum Gasteiger partial charge on any atom is 0.220 e. The first-order valence-corrected chi connectivity index (χ1v) is 10.4. The Labute approximate surface area is 182 Å². The minimum Gasteiger partial charge on any atom is -0.359 e. The Morgan fingerprint density at radius 1 is 1.15 bits per heavy atom. The number of hydrogen-bond acceptors (Lipinski definition) is 3. The second-order valence-corrected chi connectivity index (χ2v) is 8.26. The molecule has 0 aromatic heterocycles. The van der Waals surface area contributed by atoms with Crippen LogP contribution < -0.4 is 10.6 Å². The van der Waals surface area contributed by atoms with Gasteiger partial charge in [-0.2, -0.15) is 0 Å². The van der Waals surface area contributed by atoms with Crippen molar-refractivity contribution in [3.05, 3.63) is 0 Å². The summed E-state index contributed by atoms with van der Waals surface area (Å²) >= 11 is 0. The van der Waals surface area contributed by atoms with Crippen LogP contribution in [0.15, 0.2) is 4.99 Å². The zero-order chi connectivity index (χ0) is 18.9. The number of piperidine rings is 1. The maximum atomic E-state index is 11.6. The molecule has 0 aromatic rings. The molecule has 2 aliphatic heterocycles. The number of rotatable bonds is 7. The fraction of sp³-hybridized carbons (Fsp3) is 0.900. The summed E-state index contributed by atoms with van der Waals surface area (Å²) in [4.78, 5) is 21.1. The van der Waals surface area contributed by atoms with E-state index in [0.29, 0.717) is 24.3 Å². The third-order valence-corrected chi connectivity index (χ3v) is 5.78. The van der Waals surface area contributed by atoms with E-state index in [-0.39, 0.29) is 29.9 Å². The lowest BCUT2D eigenvalue weighted by Gasteiger charge is -2.35. The summed E-state index contributed by atoms with van der Waals surface area (Å²) in [5.41, 5.74) is 0. The van der Waals surface area contributed by atoms with Gasteiger partial charge in [-0.05, 0) is 57.0 Å². The van der Waals surface area contributed by atoms with Crippen LogP contribution in [-0.2, 0) is 4.79 Å². The molecule has 2 fully saturated rings. The Morgan fingerprint density at radius 2 is 1.78 bits per heavy atom. The van der Waals surface area contributed by atoms with Gasteiger partial charge in [0.15, 0.2) is 5.96 Å². The van der Waals surface area contributed by atoms with Crippen molar-refractivity contribution in [3.63, 3.8) is 0 Å². The van der Waals surface area contributed by atoms with Crippen molar-refractivity contribution in [2.75, 3.05) is 46.8 Å². The summed E-state index contributed by atoms with van der Waals surface area (Å²) in [5, 5.41) is 6.38. The van der Waals surface area contributed by atoms with Crippen LogP contribution in [0.25, 0.3) is 0 Å². The van der Waals surface area contributed by atoms with E-state index in [9.17, 15) is 4.79 Å². The number of carbonyl (C=O) groups excluding carboxylic acids is 1. The van der Waals surface area contributed by atoms with Gasteiger partial charge in [-0.15, -0.1) is 24.0 Å². The summed E-state index contributed by atoms with van der Waals surface area (Å²) in [7, 11) is 3.60. The molecule has 0 saturated carbocycles. The number of guanidine groups is 1. The van der Waals surface area contributed by atoms with Crippen molar-refractivity contribution < 1.29 is 4.79 Å². The number of carbonyl (C=O) groups is 1. The molecule has 0 aliphatic carbocycles. The van der Waals surface area contributed by atoms with E-state index in [2.05, 4.69) is 39.3 Å². The van der Waals surface area contributed by atoms with Crippen molar-refractivity contribution in [2.45, 2.75) is 58.4 Å². The van der Waals surface area contributed by atoms with Crippen LogP contribution in [0, 0.1) is 11.8 Å². The van der Waals surface area contributed by atoms with Gasteiger partial charge in [-0.3, -0.25) is 14.7 Å². The van der Waals surface area contributed by atoms with Gasteiger partial charge in [0.2, 0.25) is 5.91 Å². The summed E-state index contributed by atoms with van der Waals surface area (Å²) in [5.74, 6) is 2.40. The largest absolute Gasteiger partial charge is 0.359 e. The summed E-state index contributed by atoms with van der Waals surface area (Å²) in [6.45, 7) is 10.1. The second-order valence-electron chi connectivity index (χ2n) is 8.26. The molecule has 0 spiro atoms. The van der Waals surface area contributed by atoms with Crippen molar-refractivity contribution in [2.24, 2.45) is 16.8 Å². The molecule has 0 radical (unpaired) electrons. The minimum absolute atomic E-state index is 0. The average Bonchev–Trinajstić information content (AvgIpc) is 3.16. The van der Waals surface area contributed by atoms with E-state index in [1.807, 2.05) is 7.05 Å². The highest BCUT2D eigenvalue weighted by molar-refractivity contribution is 14.0. The summed E-state index contributed by atoms with van der Waals surface area (Å²) in [6.07, 6.45) is 6.69. The van der Waals surface area contributed by atoms with Crippen LogP contribution >= 0.6 is 24.0 Å². The fourth-order valence-electron chi connectivity index (χ4n) is 4.27. The molecule has 1 amide bonds. The molecular formula is C20H40IN5O. The predicted octanol–water partition coefficient (Wildman–Crippen LogP) is 2.54. The second kappa shape index (κ2) is 12.8. The highest BCUT2D eigenvalue weighted by Gasteiger charge is 2.26. The number of hydrogen-bond donors (Lipinski definition) is 2. The number of nitrogens with zero attached hydrogens (tertiary/aromatic N) is 3. The molecule has 2 heterocycles. The molecule has 0 bridgehead atoms. The van der Waals surface area contributed by atoms with Crippen LogP contribution in [-0.4, -0.2) is 74.5 Å². The van der Waals surface area contributed by atoms with Crippen LogP contribution in [0.5, 0.6) is 0 Å². The van der Waals surface area contributed by atoms with E-state index in [1.54, 1.807) is 7.05 Å². The minimum atomic E-state index is 0. The SMILES string of the molecule is CN=C(NCC(CC(C)C)N1CCCC1)N1CCC(CC(=O)NC)CC1.I. The van der Waals surface area contributed by atoms with Crippen LogP contribution in [0.3, 0.4) is 0 Å². The molecule has 2 rings (SSSR count). The highest BCUT2D eigenvalue weighted by Crippen LogP contribution is 2.21. The van der Waals surface area contributed by atoms with Gasteiger partial charge in [-0.1, -0.05) is 13.8 Å². The van der Waals surface area contributed by atoms with Gasteiger partial charge in [-0.25, -0.2) is 0 Å². The molecule has 158 valence electrons. The van der Waals surface area contributed by atoms with E-state index < -0.39 is 0 Å². The average molecular weight is 493 g/mol. The van der Waals surface area contributed by atoms with E-state index in [4.69, 9.17) is 0 Å². The lowest BCUT2D eigenvalue weighted by molar-refractivity contribution is -0.121. The number of halogens is 1. The number of nitrogens with one attached hydrogen (secondary N) is 2. The van der Waals surface area contributed by atoms with Gasteiger partial charge in [0.05, 0.1) is 0 Å². The number of amides is 1. The van der Waals surface area contributed by atoms with Crippen molar-refractivity contribution in [1.29, 1.82) is 0 Å². The van der Waals surface area contributed by atoms with E-state index >= 15 is 0 Å². The Balaban J connectivity index is 0.00000364. The Hall–Kier alpha value is -0.570. The molecule has 1 atom stereocenters. The topological polar surface area (TPSA) is 60.0 Å². The molecule has 1 unspecified atom stereocenters. The summed E-state index contributed by atoms with van der Waals surface area (Å²) in [6, 6.07) is 0.597. The van der Waals surface area contributed by atoms with Crippen molar-refractivity contribution >= 4 is 35.8 Å². The van der Waals surface area contributed by atoms with Crippen LogP contribution in [0.4, 0.5) is 0 Å². The quantitative estimate of drug-likeness (QED) is 0.325. The molecule has 6 nitrogen and oxygen atoms in total. The van der Waals surface area contributed by atoms with Crippen molar-refractivity contribution in [1.82, 2.24) is 20.4 Å². The first kappa shape index (κ1) is 24.5. The molecular weight excluding hydrogens is 453 g/mol. The van der Waals surface area contributed by atoms with Gasteiger partial charge >= 0.3 is 0 Å². The van der Waals surface area contributed by atoms with E-state index in [1.165, 1.54) is 32.4 Å². The maximum absolute atomic E-state index is 11.6. The lowest BCUT2D eigenvalue weighted by Crippen LogP contribution is -2.50. The van der Waals surface area contributed by atoms with Gasteiger partial charge in [0.1, 0.15) is 0 Å². The molecule has 2 N–H and O–H groups in total. The molecule has 2 saturated heterocycles. The van der Waals surface area contributed by atoms with E-state index in [0.717, 1.165) is 38.4 Å². The number of likely N-dealkylation sites (tertiary alicyclic amines) is 2. The molecule has 7 heteroatoms. The lowest BCUT2D eigenvalue weighted by atomic mass is 9.93. The van der Waals surface area contributed by atoms with Crippen LogP contribution in [0.1, 0.15) is 52.4 Å². The first-order valence-electron chi connectivity index (χ1n) is 10.4.